The number of carbonyl (C=O) groups is 1. The van der Waals surface area contributed by atoms with E-state index >= 15 is 0 Å². The summed E-state index contributed by atoms with van der Waals surface area (Å²) in [5, 5.41) is 8.56. The summed E-state index contributed by atoms with van der Waals surface area (Å²) in [4.78, 5) is 10.4. The molecule has 0 saturated heterocycles. The molecular formula is C23H44O2. The number of carboxylic acids is 1. The summed E-state index contributed by atoms with van der Waals surface area (Å²) in [5.41, 5.74) is 0. The molecule has 0 heterocycles. The molecule has 0 atom stereocenters. The van der Waals surface area contributed by atoms with Gasteiger partial charge in [-0.1, -0.05) is 103 Å². The molecule has 0 aromatic heterocycles. The number of hydrogen-bond acceptors (Lipinski definition) is 1. The molecule has 0 aliphatic heterocycles. The third kappa shape index (κ3) is 23.2. The molecule has 148 valence electrons. The zero-order valence-corrected chi connectivity index (χ0v) is 16.9. The van der Waals surface area contributed by atoms with Gasteiger partial charge >= 0.3 is 5.97 Å². The van der Waals surface area contributed by atoms with Gasteiger partial charge in [0.15, 0.2) is 0 Å². The maximum absolute atomic E-state index is 10.4. The molecule has 0 saturated carbocycles. The van der Waals surface area contributed by atoms with Gasteiger partial charge in [-0.2, -0.15) is 0 Å². The number of rotatable bonds is 20. The van der Waals surface area contributed by atoms with E-state index in [-0.39, 0.29) is 0 Å². The topological polar surface area (TPSA) is 37.3 Å². The summed E-state index contributed by atoms with van der Waals surface area (Å²) in [7, 11) is 0. The summed E-state index contributed by atoms with van der Waals surface area (Å²) in [6, 6.07) is 0. The predicted octanol–water partition coefficient (Wildman–Crippen LogP) is 8.06. The maximum Gasteiger partial charge on any atom is 0.303 e. The van der Waals surface area contributed by atoms with Crippen LogP contribution in [0.3, 0.4) is 0 Å². The predicted molar refractivity (Wildman–Crippen MR) is 110 cm³/mol. The molecule has 1 N–H and O–H groups in total. The smallest absolute Gasteiger partial charge is 0.303 e. The molecule has 2 nitrogen and oxygen atoms in total. The molecule has 0 rings (SSSR count). The van der Waals surface area contributed by atoms with Gasteiger partial charge in [0.05, 0.1) is 0 Å². The molecule has 0 amide bonds. The lowest BCUT2D eigenvalue weighted by Crippen LogP contribution is -1.93. The number of hydrogen-bond donors (Lipinski definition) is 1. The Bertz CT molecular complexity index is 296. The van der Waals surface area contributed by atoms with Crippen molar-refractivity contribution >= 4 is 5.97 Å². The quantitative estimate of drug-likeness (QED) is 0.178. The fraction of sp³-hybridized carbons (Fsp3) is 0.870. The van der Waals surface area contributed by atoms with Crippen LogP contribution in [0.1, 0.15) is 129 Å². The van der Waals surface area contributed by atoms with E-state index in [1.165, 1.54) is 103 Å². The van der Waals surface area contributed by atoms with Crippen molar-refractivity contribution in [2.75, 3.05) is 0 Å². The fourth-order valence-electron chi connectivity index (χ4n) is 3.23. The molecule has 0 spiro atoms. The van der Waals surface area contributed by atoms with Gasteiger partial charge in [-0.3, -0.25) is 4.79 Å². The lowest BCUT2D eigenvalue weighted by molar-refractivity contribution is -0.137. The Kier molecular flexibility index (Phi) is 20.6. The third-order valence-corrected chi connectivity index (χ3v) is 4.90. The number of aliphatic carboxylic acids is 1. The fourth-order valence-corrected chi connectivity index (χ4v) is 3.23. The van der Waals surface area contributed by atoms with Crippen LogP contribution in [0.15, 0.2) is 12.2 Å². The highest BCUT2D eigenvalue weighted by atomic mass is 16.4. The van der Waals surface area contributed by atoms with Gasteiger partial charge in [-0.15, -0.1) is 0 Å². The summed E-state index contributed by atoms with van der Waals surface area (Å²) in [6.45, 7) is 2.28. The highest BCUT2D eigenvalue weighted by Gasteiger charge is 1.96. The second kappa shape index (κ2) is 21.3. The number of unbranched alkanes of at least 4 members (excludes halogenated alkanes) is 16. The average molecular weight is 353 g/mol. The summed E-state index contributed by atoms with van der Waals surface area (Å²) >= 11 is 0. The van der Waals surface area contributed by atoms with Crippen molar-refractivity contribution in [3.05, 3.63) is 12.2 Å². The van der Waals surface area contributed by atoms with Crippen molar-refractivity contribution in [1.29, 1.82) is 0 Å². The Morgan fingerprint density at radius 3 is 1.36 bits per heavy atom. The van der Waals surface area contributed by atoms with E-state index in [0.717, 1.165) is 12.8 Å². The van der Waals surface area contributed by atoms with Crippen LogP contribution in [-0.4, -0.2) is 11.1 Å². The third-order valence-electron chi connectivity index (χ3n) is 4.90. The lowest BCUT2D eigenvalue weighted by Gasteiger charge is -2.01. The minimum absolute atomic E-state index is 0.335. The van der Waals surface area contributed by atoms with Crippen LogP contribution in [0, 0.1) is 0 Å². The molecule has 0 bridgehead atoms. The van der Waals surface area contributed by atoms with Crippen LogP contribution in [0.25, 0.3) is 0 Å². The van der Waals surface area contributed by atoms with Gasteiger partial charge in [-0.25, -0.2) is 0 Å². The van der Waals surface area contributed by atoms with E-state index in [0.29, 0.717) is 6.42 Å². The number of allylic oxidation sites excluding steroid dienone is 2. The van der Waals surface area contributed by atoms with Gasteiger partial charge in [-0.05, 0) is 32.1 Å². The van der Waals surface area contributed by atoms with Crippen LogP contribution >= 0.6 is 0 Å². The van der Waals surface area contributed by atoms with E-state index in [4.69, 9.17) is 5.11 Å². The van der Waals surface area contributed by atoms with Crippen molar-refractivity contribution in [2.24, 2.45) is 0 Å². The average Bonchev–Trinajstić information content (AvgIpc) is 2.60. The van der Waals surface area contributed by atoms with Gasteiger partial charge in [0.2, 0.25) is 0 Å². The first-order valence-corrected chi connectivity index (χ1v) is 11.1. The molecular weight excluding hydrogens is 308 g/mol. The Morgan fingerprint density at radius 2 is 0.960 bits per heavy atom. The zero-order valence-electron chi connectivity index (χ0n) is 16.9. The van der Waals surface area contributed by atoms with Crippen LogP contribution in [0.5, 0.6) is 0 Å². The standard InChI is InChI=1S/C23H44O2/c1-2-3-4-5-6-7-8-9-10-11-12-13-14-15-16-17-18-19-20-21-22-23(24)25/h13-14H,2-12,15-22H2,1H3,(H,24,25)/b14-13+. The first-order chi connectivity index (χ1) is 12.3. The summed E-state index contributed by atoms with van der Waals surface area (Å²) in [5.74, 6) is -0.660. The molecule has 25 heavy (non-hydrogen) atoms. The van der Waals surface area contributed by atoms with Crippen LogP contribution < -0.4 is 0 Å². The van der Waals surface area contributed by atoms with Gasteiger partial charge in [0.1, 0.15) is 0 Å². The van der Waals surface area contributed by atoms with Crippen LogP contribution in [0.2, 0.25) is 0 Å². The van der Waals surface area contributed by atoms with Crippen LogP contribution in [-0.2, 0) is 4.79 Å². The van der Waals surface area contributed by atoms with E-state index in [1.807, 2.05) is 0 Å². The van der Waals surface area contributed by atoms with Gasteiger partial charge in [0, 0.05) is 6.42 Å². The van der Waals surface area contributed by atoms with E-state index in [2.05, 4.69) is 19.1 Å². The molecule has 2 heteroatoms. The normalized spacial score (nSPS) is 11.4. The highest BCUT2D eigenvalue weighted by molar-refractivity contribution is 5.66. The van der Waals surface area contributed by atoms with Gasteiger partial charge < -0.3 is 5.11 Å². The molecule has 0 aliphatic carbocycles. The molecule has 0 aliphatic rings. The molecule has 0 aromatic carbocycles. The molecule has 0 radical (unpaired) electrons. The lowest BCUT2D eigenvalue weighted by atomic mass is 10.1. The van der Waals surface area contributed by atoms with Crippen molar-refractivity contribution < 1.29 is 9.90 Å². The minimum Gasteiger partial charge on any atom is -0.481 e. The van der Waals surface area contributed by atoms with Crippen molar-refractivity contribution in [2.45, 2.75) is 129 Å². The molecule has 0 unspecified atom stereocenters. The first kappa shape index (κ1) is 24.2. The molecule has 0 aromatic rings. The van der Waals surface area contributed by atoms with Crippen molar-refractivity contribution in [3.63, 3.8) is 0 Å². The summed E-state index contributed by atoms with van der Waals surface area (Å²) in [6.07, 6.45) is 28.6. The monoisotopic (exact) mass is 352 g/mol. The SMILES string of the molecule is CCCCCCCCCCCC/C=C/CCCCCCCCC(=O)O. The number of carboxylic acid groups (broad SMARTS) is 1. The van der Waals surface area contributed by atoms with E-state index in [9.17, 15) is 4.79 Å². The van der Waals surface area contributed by atoms with E-state index in [1.54, 1.807) is 0 Å². The first-order valence-electron chi connectivity index (χ1n) is 11.1. The highest BCUT2D eigenvalue weighted by Crippen LogP contribution is 2.12. The second-order valence-electron chi connectivity index (χ2n) is 7.50. The Hall–Kier alpha value is -0.790. The van der Waals surface area contributed by atoms with Gasteiger partial charge in [0.25, 0.3) is 0 Å². The molecule has 0 fully saturated rings. The largest absolute Gasteiger partial charge is 0.481 e. The zero-order chi connectivity index (χ0) is 18.4. The Balaban J connectivity index is 3.07. The second-order valence-corrected chi connectivity index (χ2v) is 7.50. The van der Waals surface area contributed by atoms with Crippen molar-refractivity contribution in [1.82, 2.24) is 0 Å². The summed E-state index contributed by atoms with van der Waals surface area (Å²) < 4.78 is 0. The Morgan fingerprint density at radius 1 is 0.600 bits per heavy atom. The van der Waals surface area contributed by atoms with Crippen molar-refractivity contribution in [3.8, 4) is 0 Å². The van der Waals surface area contributed by atoms with Crippen LogP contribution in [0.4, 0.5) is 0 Å². The van der Waals surface area contributed by atoms with E-state index < -0.39 is 5.97 Å². The maximum atomic E-state index is 10.4. The minimum atomic E-state index is -0.660. The Labute approximate surface area is 157 Å².